The van der Waals surface area contributed by atoms with Gasteiger partial charge in [-0.25, -0.2) is 0 Å². The Labute approximate surface area is 190 Å². The number of rotatable bonds is 4. The number of halogens is 1. The lowest BCUT2D eigenvalue weighted by Crippen LogP contribution is -2.51. The number of anilines is 2. The molecule has 0 unspecified atom stereocenters. The van der Waals surface area contributed by atoms with E-state index in [-0.39, 0.29) is 24.3 Å². The van der Waals surface area contributed by atoms with Crippen molar-refractivity contribution in [2.24, 2.45) is 0 Å². The normalized spacial score (nSPS) is 18.9. The Morgan fingerprint density at radius 2 is 1.68 bits per heavy atom. The second kappa shape index (κ2) is 9.75. The van der Waals surface area contributed by atoms with Crippen molar-refractivity contribution in [1.82, 2.24) is 4.90 Å². The first-order valence-electron chi connectivity index (χ1n) is 10.4. The van der Waals surface area contributed by atoms with Crippen molar-refractivity contribution in [3.8, 4) is 0 Å². The zero-order chi connectivity index (χ0) is 21.8. The predicted molar refractivity (Wildman–Crippen MR) is 124 cm³/mol. The number of para-hydroxylation sites is 1. The summed E-state index contributed by atoms with van der Waals surface area (Å²) >= 11 is 7.18. The number of hydrogen-bond donors (Lipinski definition) is 1. The van der Waals surface area contributed by atoms with Crippen LogP contribution >= 0.6 is 23.4 Å². The Morgan fingerprint density at radius 1 is 1.00 bits per heavy atom. The van der Waals surface area contributed by atoms with Gasteiger partial charge in [-0.1, -0.05) is 36.6 Å². The molecule has 0 aliphatic carbocycles. The molecule has 3 amide bonds. The molecule has 0 spiro atoms. The predicted octanol–water partition coefficient (Wildman–Crippen LogP) is 4.19. The Morgan fingerprint density at radius 3 is 2.39 bits per heavy atom. The van der Waals surface area contributed by atoms with Gasteiger partial charge in [0.1, 0.15) is 6.54 Å². The van der Waals surface area contributed by atoms with Gasteiger partial charge in [0.2, 0.25) is 11.8 Å². The number of carbonyl (C=O) groups excluding carboxylic acids is 3. The van der Waals surface area contributed by atoms with E-state index in [1.54, 1.807) is 24.3 Å². The molecule has 0 aromatic heterocycles. The van der Waals surface area contributed by atoms with Crippen molar-refractivity contribution in [3.63, 3.8) is 0 Å². The second-order valence-electron chi connectivity index (χ2n) is 7.68. The van der Waals surface area contributed by atoms with Crippen molar-refractivity contribution < 1.29 is 14.4 Å². The molecule has 0 radical (unpaired) electrons. The molecule has 2 aromatic rings. The molecule has 4 rings (SSSR count). The molecule has 0 saturated carbocycles. The molecule has 1 fully saturated rings. The van der Waals surface area contributed by atoms with Crippen molar-refractivity contribution in [2.75, 3.05) is 29.9 Å². The first-order chi connectivity index (χ1) is 15.0. The number of thioether (sulfide) groups is 1. The first kappa shape index (κ1) is 21.7. The number of hydrogen-bond acceptors (Lipinski definition) is 4. The molecule has 162 valence electrons. The van der Waals surface area contributed by atoms with Crippen LogP contribution in [0.4, 0.5) is 11.4 Å². The maximum Gasteiger partial charge on any atom is 0.250 e. The van der Waals surface area contributed by atoms with Crippen LogP contribution in [0.3, 0.4) is 0 Å². The van der Waals surface area contributed by atoms with Crippen LogP contribution in [0.1, 0.15) is 25.7 Å². The van der Waals surface area contributed by atoms with Crippen LogP contribution in [0.2, 0.25) is 5.02 Å². The van der Waals surface area contributed by atoms with E-state index in [2.05, 4.69) is 5.32 Å². The highest BCUT2D eigenvalue weighted by Crippen LogP contribution is 2.39. The number of nitrogens with one attached hydrogen (secondary N) is 1. The molecular weight excluding hydrogens is 434 g/mol. The SMILES string of the molecule is O=C(CN1C(=O)[C@@H](C(=O)N2CCCCCC2)Sc2ccccc21)Nc1ccc(Cl)cc1. The zero-order valence-electron chi connectivity index (χ0n) is 17.1. The van der Waals surface area contributed by atoms with Crippen LogP contribution in [0.5, 0.6) is 0 Å². The van der Waals surface area contributed by atoms with E-state index < -0.39 is 5.25 Å². The molecule has 2 aliphatic rings. The third kappa shape index (κ3) is 5.05. The maximum atomic E-state index is 13.4. The number of carbonyl (C=O) groups is 3. The van der Waals surface area contributed by atoms with Crippen LogP contribution < -0.4 is 10.2 Å². The van der Waals surface area contributed by atoms with E-state index in [0.29, 0.717) is 29.5 Å². The minimum atomic E-state index is -0.865. The number of likely N-dealkylation sites (tertiary alicyclic amines) is 1. The maximum absolute atomic E-state index is 13.4. The summed E-state index contributed by atoms with van der Waals surface area (Å²) in [5.74, 6) is -0.836. The number of benzene rings is 2. The monoisotopic (exact) mass is 457 g/mol. The van der Waals surface area contributed by atoms with Crippen LogP contribution in [-0.4, -0.2) is 47.5 Å². The fraction of sp³-hybridized carbons (Fsp3) is 0.348. The van der Waals surface area contributed by atoms with E-state index >= 15 is 0 Å². The van der Waals surface area contributed by atoms with Crippen molar-refractivity contribution in [1.29, 1.82) is 0 Å². The fourth-order valence-electron chi connectivity index (χ4n) is 3.87. The minimum Gasteiger partial charge on any atom is -0.341 e. The summed E-state index contributed by atoms with van der Waals surface area (Å²) in [7, 11) is 0. The molecule has 0 bridgehead atoms. The highest BCUT2D eigenvalue weighted by Gasteiger charge is 2.40. The second-order valence-corrected chi connectivity index (χ2v) is 9.27. The average Bonchev–Trinajstić information content (AvgIpc) is 3.06. The van der Waals surface area contributed by atoms with E-state index in [1.807, 2.05) is 29.2 Å². The Balaban J connectivity index is 1.54. The molecule has 1 atom stereocenters. The van der Waals surface area contributed by atoms with E-state index in [4.69, 9.17) is 11.6 Å². The van der Waals surface area contributed by atoms with Gasteiger partial charge in [-0.2, -0.15) is 0 Å². The Hall–Kier alpha value is -2.51. The quantitative estimate of drug-likeness (QED) is 0.699. The molecule has 1 saturated heterocycles. The van der Waals surface area contributed by atoms with Crippen molar-refractivity contribution in [3.05, 3.63) is 53.6 Å². The summed E-state index contributed by atoms with van der Waals surface area (Å²) in [6, 6.07) is 14.2. The molecule has 1 N–H and O–H groups in total. The van der Waals surface area contributed by atoms with Crippen LogP contribution in [0, 0.1) is 0 Å². The summed E-state index contributed by atoms with van der Waals surface area (Å²) in [5.41, 5.74) is 1.25. The molecule has 2 aromatic carbocycles. The molecular formula is C23H24ClN3O3S. The lowest BCUT2D eigenvalue weighted by atomic mass is 10.2. The Kier molecular flexibility index (Phi) is 6.83. The summed E-state index contributed by atoms with van der Waals surface area (Å²) < 4.78 is 0. The van der Waals surface area contributed by atoms with E-state index in [9.17, 15) is 14.4 Å². The summed E-state index contributed by atoms with van der Waals surface area (Å²) in [4.78, 5) is 43.3. The van der Waals surface area contributed by atoms with Crippen LogP contribution in [-0.2, 0) is 14.4 Å². The lowest BCUT2D eigenvalue weighted by Gasteiger charge is -2.34. The molecule has 8 heteroatoms. The summed E-state index contributed by atoms with van der Waals surface area (Å²) in [6.45, 7) is 1.20. The molecule has 31 heavy (non-hydrogen) atoms. The minimum absolute atomic E-state index is 0.158. The summed E-state index contributed by atoms with van der Waals surface area (Å²) in [6.07, 6.45) is 4.13. The fourth-order valence-corrected chi connectivity index (χ4v) is 5.18. The van der Waals surface area contributed by atoms with Gasteiger partial charge >= 0.3 is 0 Å². The third-order valence-electron chi connectivity index (χ3n) is 5.46. The summed E-state index contributed by atoms with van der Waals surface area (Å²) in [5, 5.41) is 2.50. The Bertz CT molecular complexity index is 974. The molecule has 2 aliphatic heterocycles. The van der Waals surface area contributed by atoms with Gasteiger partial charge in [0.15, 0.2) is 5.25 Å². The van der Waals surface area contributed by atoms with Gasteiger partial charge in [-0.3, -0.25) is 14.4 Å². The van der Waals surface area contributed by atoms with Crippen LogP contribution in [0.25, 0.3) is 0 Å². The van der Waals surface area contributed by atoms with Gasteiger partial charge in [0, 0.05) is 28.7 Å². The zero-order valence-corrected chi connectivity index (χ0v) is 18.6. The lowest BCUT2D eigenvalue weighted by molar-refractivity contribution is -0.135. The smallest absolute Gasteiger partial charge is 0.250 e. The van der Waals surface area contributed by atoms with Gasteiger partial charge in [0.25, 0.3) is 5.91 Å². The third-order valence-corrected chi connectivity index (χ3v) is 6.95. The van der Waals surface area contributed by atoms with Gasteiger partial charge in [-0.05, 0) is 49.2 Å². The van der Waals surface area contributed by atoms with Crippen molar-refractivity contribution in [2.45, 2.75) is 35.8 Å². The van der Waals surface area contributed by atoms with Gasteiger partial charge in [0.05, 0.1) is 5.69 Å². The highest BCUT2D eigenvalue weighted by molar-refractivity contribution is 8.01. The van der Waals surface area contributed by atoms with Gasteiger partial charge < -0.3 is 15.1 Å². The highest BCUT2D eigenvalue weighted by atomic mass is 35.5. The first-order valence-corrected chi connectivity index (χ1v) is 11.7. The molecule has 2 heterocycles. The standard InChI is InChI=1S/C23H24ClN3O3S/c24-16-9-11-17(12-10-16)25-20(28)15-27-18-7-3-4-8-19(18)31-21(23(27)30)22(29)26-13-5-1-2-6-14-26/h3-4,7-12,21H,1-2,5-6,13-15H2,(H,25,28)/t21-/m1/s1. The van der Waals surface area contributed by atoms with Crippen LogP contribution in [0.15, 0.2) is 53.4 Å². The van der Waals surface area contributed by atoms with E-state index in [1.165, 1.54) is 16.7 Å². The topological polar surface area (TPSA) is 69.7 Å². The van der Waals surface area contributed by atoms with Gasteiger partial charge in [-0.15, -0.1) is 11.8 Å². The number of nitrogens with zero attached hydrogens (tertiary/aromatic N) is 2. The van der Waals surface area contributed by atoms with E-state index in [0.717, 1.165) is 30.6 Å². The molecule has 6 nitrogen and oxygen atoms in total. The average molecular weight is 458 g/mol. The largest absolute Gasteiger partial charge is 0.341 e. The number of amides is 3. The number of fused-ring (bicyclic) bond motifs is 1. The van der Waals surface area contributed by atoms with Crippen molar-refractivity contribution >= 4 is 52.5 Å².